The molecule has 0 aromatic heterocycles. The number of halogens is 1. The molecule has 0 saturated heterocycles. The summed E-state index contributed by atoms with van der Waals surface area (Å²) in [6.07, 6.45) is 19.9. The molecule has 2 aliphatic heterocycles. The van der Waals surface area contributed by atoms with Crippen molar-refractivity contribution in [1.82, 2.24) is 0 Å². The maximum Gasteiger partial charge on any atom is 0.264 e. The Bertz CT molecular complexity index is 2430. The number of rotatable bonds is 34. The Hall–Kier alpha value is -4.37. The highest BCUT2D eigenvalue weighted by atomic mass is 35.7. The number of benzene rings is 4. The van der Waals surface area contributed by atoms with E-state index in [0.29, 0.717) is 37.6 Å². The molecule has 77 heavy (non-hydrogen) atoms. The highest BCUT2D eigenvalue weighted by Gasteiger charge is 2.34. The Labute approximate surface area is 463 Å². The molecule has 19 heteroatoms. The Morgan fingerprint density at radius 3 is 1.16 bits per heavy atom. The van der Waals surface area contributed by atoms with E-state index in [4.69, 9.17) is 56.7 Å². The molecule has 16 nitrogen and oxygen atoms in total. The predicted octanol–water partition coefficient (Wildman–Crippen LogP) is 12.2. The first-order chi connectivity index (χ1) is 37.2. The summed E-state index contributed by atoms with van der Waals surface area (Å²) in [7, 11) is 4.43. The molecular formula is C58H85ClO16S2. The molecule has 0 aliphatic carbocycles. The van der Waals surface area contributed by atoms with Gasteiger partial charge in [0.25, 0.3) is 10.1 Å². The smallest absolute Gasteiger partial charge is 0.264 e. The van der Waals surface area contributed by atoms with Crippen LogP contribution in [0.4, 0.5) is 0 Å². The zero-order chi connectivity index (χ0) is 55.7. The summed E-state index contributed by atoms with van der Waals surface area (Å²) in [5.74, 6) is 6.17. The number of hydrogen-bond acceptors (Lipinski definition) is 16. The Morgan fingerprint density at radius 2 is 0.805 bits per heavy atom. The van der Waals surface area contributed by atoms with E-state index in [1.165, 1.54) is 60.8 Å². The summed E-state index contributed by atoms with van der Waals surface area (Å²) in [6, 6.07) is 28.8. The van der Waals surface area contributed by atoms with E-state index < -0.39 is 19.2 Å². The molecule has 6 rings (SSSR count). The number of methoxy groups -OCH3 is 4. The first-order valence-corrected chi connectivity index (χ1v) is 31.3. The number of aliphatic hydroxyl groups excluding tert-OH is 1. The van der Waals surface area contributed by atoms with Gasteiger partial charge in [-0.05, 0) is 96.2 Å². The van der Waals surface area contributed by atoms with Gasteiger partial charge in [-0.15, -0.1) is 0 Å². The summed E-state index contributed by atoms with van der Waals surface area (Å²) < 4.78 is 101. The fraction of sp³-hybridized carbons (Fsp3) is 0.586. The molecule has 0 radical (unpaired) electrons. The van der Waals surface area contributed by atoms with Crippen molar-refractivity contribution in [2.45, 2.75) is 126 Å². The minimum Gasteiger partial charge on any atom is -0.492 e. The van der Waals surface area contributed by atoms with Crippen LogP contribution >= 0.6 is 10.7 Å². The maximum atomic E-state index is 11.0. The van der Waals surface area contributed by atoms with E-state index >= 15 is 0 Å². The van der Waals surface area contributed by atoms with Crippen LogP contribution in [0.1, 0.15) is 149 Å². The molecule has 0 fully saturated rings. The fourth-order valence-electron chi connectivity index (χ4n) is 9.52. The van der Waals surface area contributed by atoms with Gasteiger partial charge >= 0.3 is 0 Å². The monoisotopic (exact) mass is 1140 g/mol. The Kier molecular flexibility index (Phi) is 31.1. The summed E-state index contributed by atoms with van der Waals surface area (Å²) >= 11 is 0. The molecule has 432 valence electrons. The zero-order valence-corrected chi connectivity index (χ0v) is 48.5. The van der Waals surface area contributed by atoms with Crippen LogP contribution in [-0.4, -0.2) is 116 Å². The predicted molar refractivity (Wildman–Crippen MR) is 300 cm³/mol. The van der Waals surface area contributed by atoms with E-state index in [1.54, 1.807) is 28.4 Å². The van der Waals surface area contributed by atoms with E-state index in [0.717, 1.165) is 111 Å². The second kappa shape index (κ2) is 36.7. The van der Waals surface area contributed by atoms with Crippen molar-refractivity contribution in [2.75, 3.05) is 94.6 Å². The van der Waals surface area contributed by atoms with Crippen LogP contribution < -0.4 is 28.4 Å². The van der Waals surface area contributed by atoms with Gasteiger partial charge in [0, 0.05) is 69.7 Å². The molecule has 0 saturated carbocycles. The molecule has 4 atom stereocenters. The lowest BCUT2D eigenvalue weighted by Gasteiger charge is -2.34. The summed E-state index contributed by atoms with van der Waals surface area (Å²) in [5, 5.41) is 8.93. The largest absolute Gasteiger partial charge is 0.492 e. The quantitative estimate of drug-likeness (QED) is 0.0201. The summed E-state index contributed by atoms with van der Waals surface area (Å²) in [5.41, 5.74) is 4.98. The topological polar surface area (TPSA) is 190 Å². The number of ether oxygens (including phenoxy) is 10. The summed E-state index contributed by atoms with van der Waals surface area (Å²) in [6.45, 7) is 2.74. The third kappa shape index (κ3) is 26.0. The second-order valence-corrected chi connectivity index (χ2v) is 23.9. The molecule has 1 N–H and O–H groups in total. The second-order valence-electron chi connectivity index (χ2n) is 19.2. The molecule has 2 aliphatic rings. The zero-order valence-electron chi connectivity index (χ0n) is 46.1. The van der Waals surface area contributed by atoms with Crippen molar-refractivity contribution < 1.29 is 73.5 Å². The van der Waals surface area contributed by atoms with Gasteiger partial charge in [-0.2, -0.15) is 8.42 Å². The van der Waals surface area contributed by atoms with Crippen LogP contribution in [0, 0.1) is 0 Å². The van der Waals surface area contributed by atoms with E-state index in [1.807, 2.05) is 48.5 Å². The van der Waals surface area contributed by atoms with Gasteiger partial charge in [-0.3, -0.25) is 4.18 Å². The number of fused-ring (bicyclic) bond motifs is 2. The summed E-state index contributed by atoms with van der Waals surface area (Å²) in [4.78, 5) is 0. The molecule has 0 bridgehead atoms. The van der Waals surface area contributed by atoms with Gasteiger partial charge in [0.05, 0.1) is 32.3 Å². The highest BCUT2D eigenvalue weighted by Crippen LogP contribution is 2.48. The molecule has 2 heterocycles. The van der Waals surface area contributed by atoms with Gasteiger partial charge in [0.1, 0.15) is 34.5 Å². The van der Waals surface area contributed by atoms with Crippen molar-refractivity contribution in [1.29, 1.82) is 0 Å². The van der Waals surface area contributed by atoms with Crippen molar-refractivity contribution in [3.63, 3.8) is 0 Å². The van der Waals surface area contributed by atoms with Gasteiger partial charge in [-0.1, -0.05) is 113 Å². The average Bonchev–Trinajstić information content (AvgIpc) is 3.43. The molecule has 0 spiro atoms. The molecule has 4 aromatic rings. The molecule has 0 unspecified atom stereocenters. The van der Waals surface area contributed by atoms with Gasteiger partial charge in [0.15, 0.2) is 27.2 Å². The van der Waals surface area contributed by atoms with Gasteiger partial charge < -0.3 is 52.5 Å². The van der Waals surface area contributed by atoms with Crippen LogP contribution in [-0.2, 0) is 42.3 Å². The lowest BCUT2D eigenvalue weighted by Crippen LogP contribution is -2.24. The SMILES string of the molecule is COCOc1ccc([C@H]2COc3cc(OCOC)ccc3[C@H]2CCCCCCCCCO)cc1.COCOc1ccc([C@H]2COc3cc(OCOC)ccc3[C@H]2CCCCCCCCCOS(C)(=O)=O)cc1.CS(=O)(=O)Cl. The molecule has 4 aromatic carbocycles. The Balaban J connectivity index is 0.000000307. The minimum absolute atomic E-state index is 0.201. The van der Waals surface area contributed by atoms with Crippen LogP contribution in [0.5, 0.6) is 34.5 Å². The number of aliphatic hydroxyl groups is 1. The van der Waals surface area contributed by atoms with Gasteiger partial charge in [-0.25, -0.2) is 8.42 Å². The maximum absolute atomic E-state index is 11.0. The van der Waals surface area contributed by atoms with E-state index in [2.05, 4.69) is 47.1 Å². The van der Waals surface area contributed by atoms with Crippen LogP contribution in [0.2, 0.25) is 0 Å². The first-order valence-electron chi connectivity index (χ1n) is 26.7. The van der Waals surface area contributed by atoms with Crippen LogP contribution in [0.25, 0.3) is 0 Å². The Morgan fingerprint density at radius 1 is 0.481 bits per heavy atom. The number of unbranched alkanes of at least 4 members (excludes halogenated alkanes) is 12. The van der Waals surface area contributed by atoms with Crippen molar-refractivity contribution in [3.8, 4) is 34.5 Å². The molecular weight excluding hydrogens is 1050 g/mol. The van der Waals surface area contributed by atoms with E-state index in [9.17, 15) is 16.8 Å². The third-order valence-electron chi connectivity index (χ3n) is 13.2. The van der Waals surface area contributed by atoms with Crippen molar-refractivity contribution in [2.24, 2.45) is 0 Å². The van der Waals surface area contributed by atoms with E-state index in [-0.39, 0.29) is 39.7 Å². The average molecular weight is 1140 g/mol. The molecule has 0 amide bonds. The van der Waals surface area contributed by atoms with Crippen molar-refractivity contribution in [3.05, 3.63) is 107 Å². The van der Waals surface area contributed by atoms with Crippen LogP contribution in [0.3, 0.4) is 0 Å². The van der Waals surface area contributed by atoms with Crippen molar-refractivity contribution >= 4 is 29.9 Å². The standard InChI is InChI=1S/C29H42O8S.C28H40O6.CH3ClO2S/c1-32-21-35-24-14-12-23(13-15-24)28-20-34-29-19-25(36-22-33-2)16-17-27(29)26(28)11-9-7-5-4-6-8-10-18-37-38(3,30)31;1-30-20-33-23-13-11-22(12-14-23)27-19-32-28-18-24(34-21-31-2)15-16-26(28)25(27)10-8-6-4-3-5-7-9-17-29;1-5(2,3)4/h12-17,19,26,28H,4-11,18,20-22H2,1-3H3;11-16,18,25,27,29H,3-10,17,19-21H2,1-2H3;1H3/t26-,28-;25-,27-;/m11./s1. The van der Waals surface area contributed by atoms with Gasteiger partial charge in [0.2, 0.25) is 9.05 Å². The third-order valence-corrected chi connectivity index (χ3v) is 13.8. The first kappa shape index (κ1) is 65.2. The lowest BCUT2D eigenvalue weighted by molar-refractivity contribution is 0.0506. The fourth-order valence-corrected chi connectivity index (χ4v) is 9.94. The number of hydrogen-bond donors (Lipinski definition) is 1. The minimum atomic E-state index is -3.33. The lowest BCUT2D eigenvalue weighted by atomic mass is 9.77. The normalized spacial score (nSPS) is 16.7. The van der Waals surface area contributed by atoms with Crippen LogP contribution in [0.15, 0.2) is 84.9 Å². The highest BCUT2D eigenvalue weighted by molar-refractivity contribution is 8.13.